The Morgan fingerprint density at radius 1 is 1.04 bits per heavy atom. The van der Waals surface area contributed by atoms with E-state index in [4.69, 9.17) is 0 Å². The summed E-state index contributed by atoms with van der Waals surface area (Å²) in [6.07, 6.45) is 1.99. The first-order valence-electron chi connectivity index (χ1n) is 8.65. The van der Waals surface area contributed by atoms with Gasteiger partial charge in [0.2, 0.25) is 5.95 Å². The zero-order valence-electron chi connectivity index (χ0n) is 15.5. The lowest BCUT2D eigenvalue weighted by molar-refractivity contribution is 0.425. The second-order valence-corrected chi connectivity index (χ2v) is 6.23. The van der Waals surface area contributed by atoms with Crippen molar-refractivity contribution >= 4 is 17.5 Å². The second-order valence-electron chi connectivity index (χ2n) is 6.23. The molecule has 0 atom stereocenters. The Kier molecular flexibility index (Phi) is 6.55. The van der Waals surface area contributed by atoms with Crippen LogP contribution in [0.5, 0.6) is 0 Å². The number of hydrogen-bond donors (Lipinski definition) is 2. The van der Waals surface area contributed by atoms with Crippen molar-refractivity contribution in [1.82, 2.24) is 14.9 Å². The Morgan fingerprint density at radius 3 is 2.29 bits per heavy atom. The third-order valence-electron chi connectivity index (χ3n) is 3.95. The maximum Gasteiger partial charge on any atom is 0.224 e. The molecule has 1 aromatic carbocycles. The van der Waals surface area contributed by atoms with Crippen LogP contribution in [0.2, 0.25) is 0 Å². The van der Waals surface area contributed by atoms with Gasteiger partial charge in [-0.1, -0.05) is 32.0 Å². The van der Waals surface area contributed by atoms with E-state index < -0.39 is 0 Å². The van der Waals surface area contributed by atoms with Gasteiger partial charge in [-0.15, -0.1) is 0 Å². The molecule has 24 heavy (non-hydrogen) atoms. The minimum Gasteiger partial charge on any atom is -0.353 e. The Labute approximate surface area is 145 Å². The average Bonchev–Trinajstić information content (AvgIpc) is 2.54. The van der Waals surface area contributed by atoms with E-state index in [0.29, 0.717) is 5.95 Å². The van der Waals surface area contributed by atoms with Gasteiger partial charge in [-0.2, -0.15) is 4.98 Å². The van der Waals surface area contributed by atoms with Crippen LogP contribution in [0.1, 0.15) is 30.7 Å². The molecular formula is C19H29N5. The maximum absolute atomic E-state index is 4.62. The Hall–Kier alpha value is -2.14. The Balaban J connectivity index is 2.22. The quantitative estimate of drug-likeness (QED) is 0.775. The lowest BCUT2D eigenvalue weighted by Crippen LogP contribution is -2.21. The molecule has 0 bridgehead atoms. The molecule has 0 radical (unpaired) electrons. The predicted octanol–water partition coefficient (Wildman–Crippen LogP) is 3.63. The van der Waals surface area contributed by atoms with Gasteiger partial charge in [0.1, 0.15) is 5.82 Å². The molecule has 0 saturated carbocycles. The van der Waals surface area contributed by atoms with Crippen LogP contribution in [-0.4, -0.2) is 42.1 Å². The van der Waals surface area contributed by atoms with E-state index in [2.05, 4.69) is 71.6 Å². The van der Waals surface area contributed by atoms with Crippen molar-refractivity contribution in [3.05, 3.63) is 41.1 Å². The van der Waals surface area contributed by atoms with Crippen LogP contribution < -0.4 is 10.6 Å². The van der Waals surface area contributed by atoms with Crippen molar-refractivity contribution in [2.45, 2.75) is 33.6 Å². The minimum atomic E-state index is 0.673. The molecule has 0 spiro atoms. The summed E-state index contributed by atoms with van der Waals surface area (Å²) in [6.45, 7) is 8.12. The first-order valence-corrected chi connectivity index (χ1v) is 8.65. The minimum absolute atomic E-state index is 0.673. The third kappa shape index (κ3) is 4.93. The van der Waals surface area contributed by atoms with Gasteiger partial charge >= 0.3 is 0 Å². The van der Waals surface area contributed by atoms with E-state index in [-0.39, 0.29) is 0 Å². The smallest absolute Gasteiger partial charge is 0.224 e. The molecule has 0 aliphatic rings. The molecule has 0 aliphatic carbocycles. The zero-order chi connectivity index (χ0) is 17.5. The Bertz CT molecular complexity index is 645. The van der Waals surface area contributed by atoms with Gasteiger partial charge in [0.05, 0.1) is 0 Å². The lowest BCUT2D eigenvalue weighted by Gasteiger charge is -2.16. The van der Waals surface area contributed by atoms with E-state index in [1.165, 1.54) is 16.8 Å². The topological polar surface area (TPSA) is 53.1 Å². The summed E-state index contributed by atoms with van der Waals surface area (Å²) in [6, 6.07) is 8.46. The molecule has 130 valence electrons. The molecule has 5 nitrogen and oxygen atoms in total. The highest BCUT2D eigenvalue weighted by atomic mass is 15.2. The van der Waals surface area contributed by atoms with E-state index >= 15 is 0 Å². The van der Waals surface area contributed by atoms with Crippen molar-refractivity contribution in [1.29, 1.82) is 0 Å². The van der Waals surface area contributed by atoms with Crippen molar-refractivity contribution < 1.29 is 0 Å². The summed E-state index contributed by atoms with van der Waals surface area (Å²) < 4.78 is 0. The van der Waals surface area contributed by atoms with Gasteiger partial charge in [-0.05, 0) is 45.0 Å². The number of nitrogens with zero attached hydrogens (tertiary/aromatic N) is 3. The molecule has 5 heteroatoms. The van der Waals surface area contributed by atoms with Crippen LogP contribution in [0.15, 0.2) is 24.3 Å². The summed E-state index contributed by atoms with van der Waals surface area (Å²) in [7, 11) is 4.11. The first kappa shape index (κ1) is 18.2. The van der Waals surface area contributed by atoms with Gasteiger partial charge in [0, 0.05) is 30.5 Å². The summed E-state index contributed by atoms with van der Waals surface area (Å²) in [4.78, 5) is 11.2. The van der Waals surface area contributed by atoms with Gasteiger partial charge in [0.25, 0.3) is 0 Å². The number of aryl methyl sites for hydroxylation is 3. The molecule has 0 saturated heterocycles. The van der Waals surface area contributed by atoms with E-state index in [0.717, 1.165) is 37.4 Å². The standard InChI is InChI=1S/C19H29N5/c1-6-15-9-8-10-16(7-2)18(15)22-17-13-14(3)21-19(23-17)20-11-12-24(4)5/h8-10,13H,6-7,11-12H2,1-5H3,(H2,20,21,22,23). The highest BCUT2D eigenvalue weighted by Gasteiger charge is 2.09. The van der Waals surface area contributed by atoms with Gasteiger partial charge in [-0.25, -0.2) is 4.98 Å². The van der Waals surface area contributed by atoms with Crippen LogP contribution in [0.25, 0.3) is 0 Å². The van der Waals surface area contributed by atoms with E-state index in [1.54, 1.807) is 0 Å². The molecule has 2 N–H and O–H groups in total. The van der Waals surface area contributed by atoms with Gasteiger partial charge < -0.3 is 15.5 Å². The van der Waals surface area contributed by atoms with Gasteiger partial charge in [-0.3, -0.25) is 0 Å². The summed E-state index contributed by atoms with van der Waals surface area (Å²) >= 11 is 0. The van der Waals surface area contributed by atoms with Gasteiger partial charge in [0.15, 0.2) is 0 Å². The molecule has 0 amide bonds. The fraction of sp³-hybridized carbons (Fsp3) is 0.474. The average molecular weight is 327 g/mol. The molecular weight excluding hydrogens is 298 g/mol. The second kappa shape index (κ2) is 8.64. The summed E-state index contributed by atoms with van der Waals surface area (Å²) in [5.41, 5.74) is 4.76. The highest BCUT2D eigenvalue weighted by Crippen LogP contribution is 2.26. The fourth-order valence-corrected chi connectivity index (χ4v) is 2.63. The summed E-state index contributed by atoms with van der Waals surface area (Å²) in [5, 5.41) is 6.82. The number of para-hydroxylation sites is 1. The molecule has 0 aliphatic heterocycles. The van der Waals surface area contributed by atoms with Crippen molar-refractivity contribution in [3.8, 4) is 0 Å². The monoisotopic (exact) mass is 327 g/mol. The number of anilines is 3. The predicted molar refractivity (Wildman–Crippen MR) is 102 cm³/mol. The Morgan fingerprint density at radius 2 is 1.71 bits per heavy atom. The van der Waals surface area contributed by atoms with Crippen LogP contribution in [0, 0.1) is 6.92 Å². The number of benzene rings is 1. The number of likely N-dealkylation sites (N-methyl/N-ethyl adjacent to an activating group) is 1. The number of hydrogen-bond acceptors (Lipinski definition) is 5. The highest BCUT2D eigenvalue weighted by molar-refractivity contribution is 5.66. The summed E-state index contributed by atoms with van der Waals surface area (Å²) in [5.74, 6) is 1.51. The fourth-order valence-electron chi connectivity index (χ4n) is 2.63. The van der Waals surface area contributed by atoms with Crippen LogP contribution in [-0.2, 0) is 12.8 Å². The van der Waals surface area contributed by atoms with Crippen LogP contribution in [0.3, 0.4) is 0 Å². The third-order valence-corrected chi connectivity index (χ3v) is 3.95. The van der Waals surface area contributed by atoms with E-state index in [9.17, 15) is 0 Å². The molecule has 0 fully saturated rings. The lowest BCUT2D eigenvalue weighted by atomic mass is 10.0. The van der Waals surface area contributed by atoms with Crippen LogP contribution in [0.4, 0.5) is 17.5 Å². The van der Waals surface area contributed by atoms with Crippen LogP contribution >= 0.6 is 0 Å². The van der Waals surface area contributed by atoms with Crippen molar-refractivity contribution in [2.24, 2.45) is 0 Å². The number of nitrogens with one attached hydrogen (secondary N) is 2. The molecule has 2 aromatic rings. The maximum atomic E-state index is 4.62. The number of aromatic nitrogens is 2. The molecule has 1 aromatic heterocycles. The van der Waals surface area contributed by atoms with Crippen molar-refractivity contribution in [2.75, 3.05) is 37.8 Å². The van der Waals surface area contributed by atoms with E-state index in [1.807, 2.05) is 13.0 Å². The molecule has 0 unspecified atom stereocenters. The molecule has 1 heterocycles. The largest absolute Gasteiger partial charge is 0.353 e. The SMILES string of the molecule is CCc1cccc(CC)c1Nc1cc(C)nc(NCCN(C)C)n1. The first-order chi connectivity index (χ1) is 11.5. The van der Waals surface area contributed by atoms with Crippen molar-refractivity contribution in [3.63, 3.8) is 0 Å². The normalized spacial score (nSPS) is 10.9. The zero-order valence-corrected chi connectivity index (χ0v) is 15.5. The molecule has 2 rings (SSSR count). The number of rotatable bonds is 8.